The van der Waals surface area contributed by atoms with Crippen LogP contribution in [-0.2, 0) is 0 Å². The highest BCUT2D eigenvalue weighted by molar-refractivity contribution is 8.76. The molecule has 1 aromatic rings. The minimum atomic E-state index is 1.09. The lowest BCUT2D eigenvalue weighted by Crippen LogP contribution is -2.12. The third-order valence-electron chi connectivity index (χ3n) is 2.71. The number of rotatable bonds is 10. The molecular formula is C14H24N2S4. The van der Waals surface area contributed by atoms with Crippen LogP contribution in [0.3, 0.4) is 0 Å². The molecule has 0 unspecified atom stereocenters. The molecule has 6 heteroatoms. The van der Waals surface area contributed by atoms with Gasteiger partial charge >= 0.3 is 0 Å². The van der Waals surface area contributed by atoms with E-state index < -0.39 is 0 Å². The molecule has 0 bridgehead atoms. The third-order valence-corrected chi connectivity index (χ3v) is 8.11. The quantitative estimate of drug-likeness (QED) is 0.393. The van der Waals surface area contributed by atoms with E-state index in [1.54, 1.807) is 0 Å². The summed E-state index contributed by atoms with van der Waals surface area (Å²) in [6.45, 7) is 13.1. The molecule has 0 heterocycles. The largest absolute Gasteiger partial charge is 0.242 e. The molecule has 0 amide bonds. The zero-order valence-corrected chi connectivity index (χ0v) is 15.9. The second-order valence-electron chi connectivity index (χ2n) is 4.02. The first-order chi connectivity index (χ1) is 9.73. The van der Waals surface area contributed by atoms with Gasteiger partial charge in [-0.05, 0) is 67.8 Å². The Bertz CT molecular complexity index is 316. The van der Waals surface area contributed by atoms with Crippen LogP contribution in [-0.4, -0.2) is 34.8 Å². The SMILES string of the molecule is CCN(CC)SSc1ccc(SSN(CC)CC)cc1. The van der Waals surface area contributed by atoms with E-state index in [-0.39, 0.29) is 0 Å². The zero-order chi connectivity index (χ0) is 14.8. The van der Waals surface area contributed by atoms with Crippen LogP contribution in [0.4, 0.5) is 0 Å². The monoisotopic (exact) mass is 348 g/mol. The number of hydrogen-bond acceptors (Lipinski definition) is 6. The van der Waals surface area contributed by atoms with E-state index in [1.807, 2.05) is 43.5 Å². The van der Waals surface area contributed by atoms with Crippen LogP contribution in [0.25, 0.3) is 0 Å². The van der Waals surface area contributed by atoms with Gasteiger partial charge in [0.2, 0.25) is 0 Å². The normalized spacial score (nSPS) is 11.5. The molecule has 0 saturated carbocycles. The molecule has 0 spiro atoms. The molecule has 0 aliphatic carbocycles. The summed E-state index contributed by atoms with van der Waals surface area (Å²) < 4.78 is 4.70. The smallest absolute Gasteiger partial charge is 0.0196 e. The van der Waals surface area contributed by atoms with E-state index >= 15 is 0 Å². The predicted molar refractivity (Wildman–Crippen MR) is 99.2 cm³/mol. The summed E-state index contributed by atoms with van der Waals surface area (Å²) in [6, 6.07) is 8.86. The molecule has 1 rings (SSSR count). The Morgan fingerprint density at radius 1 is 0.650 bits per heavy atom. The first-order valence-corrected chi connectivity index (χ1v) is 11.2. The van der Waals surface area contributed by atoms with Crippen molar-refractivity contribution in [3.63, 3.8) is 0 Å². The molecule has 0 aliphatic heterocycles. The van der Waals surface area contributed by atoms with E-state index in [2.05, 4.69) is 60.6 Å². The predicted octanol–water partition coefficient (Wildman–Crippen LogP) is 5.68. The molecule has 0 N–H and O–H groups in total. The fourth-order valence-corrected chi connectivity index (χ4v) is 5.78. The summed E-state index contributed by atoms with van der Waals surface area (Å²) >= 11 is 0. The molecule has 0 aliphatic rings. The van der Waals surface area contributed by atoms with Gasteiger partial charge in [-0.3, -0.25) is 0 Å². The second kappa shape index (κ2) is 11.2. The van der Waals surface area contributed by atoms with Crippen molar-refractivity contribution < 1.29 is 0 Å². The topological polar surface area (TPSA) is 6.48 Å². The highest BCUT2D eigenvalue weighted by atomic mass is 33.1. The van der Waals surface area contributed by atoms with E-state index in [1.165, 1.54) is 9.79 Å². The summed E-state index contributed by atoms with van der Waals surface area (Å²) in [4.78, 5) is 2.64. The van der Waals surface area contributed by atoms with Crippen LogP contribution >= 0.6 is 43.5 Å². The van der Waals surface area contributed by atoms with Gasteiger partial charge in [-0.2, -0.15) is 0 Å². The standard InChI is InChI=1S/C14H24N2S4/c1-5-15(6-2)19-17-13-9-11-14(12-10-13)18-20-16(7-3)8-4/h9-12H,5-8H2,1-4H3. The van der Waals surface area contributed by atoms with Gasteiger partial charge in [0.25, 0.3) is 0 Å². The van der Waals surface area contributed by atoms with Crippen molar-refractivity contribution in [2.24, 2.45) is 0 Å². The fraction of sp³-hybridized carbons (Fsp3) is 0.571. The lowest BCUT2D eigenvalue weighted by molar-refractivity contribution is 0.530. The van der Waals surface area contributed by atoms with Gasteiger partial charge in [0.1, 0.15) is 0 Å². The molecule has 2 nitrogen and oxygen atoms in total. The van der Waals surface area contributed by atoms with Crippen molar-refractivity contribution in [2.75, 3.05) is 26.2 Å². The Morgan fingerprint density at radius 2 is 0.950 bits per heavy atom. The average molecular weight is 349 g/mol. The minimum absolute atomic E-state index is 1.09. The van der Waals surface area contributed by atoms with Crippen molar-refractivity contribution in [1.82, 2.24) is 8.61 Å². The Morgan fingerprint density at radius 3 is 1.20 bits per heavy atom. The summed E-state index contributed by atoms with van der Waals surface area (Å²) in [5.41, 5.74) is 0. The Kier molecular flexibility index (Phi) is 10.4. The van der Waals surface area contributed by atoms with Gasteiger partial charge < -0.3 is 0 Å². The van der Waals surface area contributed by atoms with Crippen LogP contribution in [0.15, 0.2) is 34.1 Å². The molecular weight excluding hydrogens is 324 g/mol. The van der Waals surface area contributed by atoms with Crippen molar-refractivity contribution in [1.29, 1.82) is 0 Å². The Hall–Kier alpha value is 0.540. The minimum Gasteiger partial charge on any atom is -0.242 e. The van der Waals surface area contributed by atoms with Gasteiger partial charge in [-0.1, -0.05) is 27.7 Å². The maximum Gasteiger partial charge on any atom is 0.0196 e. The molecule has 20 heavy (non-hydrogen) atoms. The third kappa shape index (κ3) is 7.00. The van der Waals surface area contributed by atoms with Crippen LogP contribution in [0.5, 0.6) is 0 Å². The van der Waals surface area contributed by atoms with Gasteiger partial charge in [0.05, 0.1) is 0 Å². The molecule has 114 valence electrons. The van der Waals surface area contributed by atoms with Crippen molar-refractivity contribution in [2.45, 2.75) is 37.5 Å². The lowest BCUT2D eigenvalue weighted by atomic mass is 10.4. The van der Waals surface area contributed by atoms with Crippen LogP contribution in [0.2, 0.25) is 0 Å². The number of hydrogen-bond donors (Lipinski definition) is 0. The maximum atomic E-state index is 2.35. The Labute approximate surface area is 139 Å². The van der Waals surface area contributed by atoms with Gasteiger partial charge in [0.15, 0.2) is 0 Å². The van der Waals surface area contributed by atoms with Gasteiger partial charge in [0, 0.05) is 36.0 Å². The Balaban J connectivity index is 2.40. The van der Waals surface area contributed by atoms with Crippen molar-refractivity contribution in [3.8, 4) is 0 Å². The summed E-state index contributed by atoms with van der Waals surface area (Å²) in [7, 11) is 7.34. The number of benzene rings is 1. The lowest BCUT2D eigenvalue weighted by Gasteiger charge is -2.16. The van der Waals surface area contributed by atoms with E-state index in [4.69, 9.17) is 0 Å². The molecule has 0 atom stereocenters. The molecule has 0 aromatic heterocycles. The van der Waals surface area contributed by atoms with Crippen LogP contribution in [0.1, 0.15) is 27.7 Å². The van der Waals surface area contributed by atoms with Gasteiger partial charge in [-0.15, -0.1) is 0 Å². The van der Waals surface area contributed by atoms with E-state index in [0.29, 0.717) is 0 Å². The first-order valence-electron chi connectivity index (χ1n) is 7.02. The fourth-order valence-electron chi connectivity index (χ4n) is 1.40. The van der Waals surface area contributed by atoms with E-state index in [9.17, 15) is 0 Å². The zero-order valence-electron chi connectivity index (χ0n) is 12.7. The second-order valence-corrected chi connectivity index (χ2v) is 8.52. The average Bonchev–Trinajstić information content (AvgIpc) is 2.50. The van der Waals surface area contributed by atoms with Crippen molar-refractivity contribution >= 4 is 43.5 Å². The summed E-state index contributed by atoms with van der Waals surface area (Å²) in [6.07, 6.45) is 0. The molecule has 1 aromatic carbocycles. The summed E-state index contributed by atoms with van der Waals surface area (Å²) in [5.74, 6) is 0. The van der Waals surface area contributed by atoms with Crippen molar-refractivity contribution in [3.05, 3.63) is 24.3 Å². The number of nitrogens with zero attached hydrogens (tertiary/aromatic N) is 2. The first kappa shape index (κ1) is 18.6. The molecule has 0 saturated heterocycles. The highest BCUT2D eigenvalue weighted by Gasteiger charge is 2.04. The molecule has 0 radical (unpaired) electrons. The van der Waals surface area contributed by atoms with Crippen LogP contribution in [0, 0.1) is 0 Å². The van der Waals surface area contributed by atoms with E-state index in [0.717, 1.165) is 26.2 Å². The highest BCUT2D eigenvalue weighted by Crippen LogP contribution is 2.37. The maximum absolute atomic E-state index is 2.35. The van der Waals surface area contributed by atoms with Crippen LogP contribution < -0.4 is 0 Å². The summed E-state index contributed by atoms with van der Waals surface area (Å²) in [5, 5.41) is 0. The van der Waals surface area contributed by atoms with Gasteiger partial charge in [-0.25, -0.2) is 8.61 Å². The molecule has 0 fully saturated rings.